The van der Waals surface area contributed by atoms with Crippen LogP contribution in [0.3, 0.4) is 0 Å². The Kier molecular flexibility index (Phi) is 4.12. The summed E-state index contributed by atoms with van der Waals surface area (Å²) in [7, 11) is 0. The lowest BCUT2D eigenvalue weighted by molar-refractivity contribution is 0.0920. The smallest absolute Gasteiger partial charge is 0.272 e. The molecule has 132 valence electrons. The van der Waals surface area contributed by atoms with Crippen molar-refractivity contribution >= 4 is 5.91 Å². The first kappa shape index (κ1) is 16.3. The SMILES string of the molecule is Cc1cn2c(n1)CC[C@@H](NC(=O)c1ccc(=O)n(-c3ccccc3)n1)C2. The Balaban J connectivity index is 1.53. The van der Waals surface area contributed by atoms with Crippen LogP contribution in [0.4, 0.5) is 0 Å². The van der Waals surface area contributed by atoms with Crippen LogP contribution in [0.25, 0.3) is 5.69 Å². The van der Waals surface area contributed by atoms with Crippen molar-refractivity contribution in [2.24, 2.45) is 0 Å². The molecule has 0 radical (unpaired) electrons. The highest BCUT2D eigenvalue weighted by Gasteiger charge is 2.22. The molecule has 0 spiro atoms. The average molecular weight is 349 g/mol. The highest BCUT2D eigenvalue weighted by Crippen LogP contribution is 2.15. The van der Waals surface area contributed by atoms with Gasteiger partial charge < -0.3 is 9.88 Å². The molecule has 0 fully saturated rings. The molecule has 1 amide bonds. The third-order valence-electron chi connectivity index (χ3n) is 4.48. The number of benzene rings is 1. The molecule has 7 nitrogen and oxygen atoms in total. The van der Waals surface area contributed by atoms with Gasteiger partial charge in [-0.3, -0.25) is 9.59 Å². The zero-order valence-electron chi connectivity index (χ0n) is 14.4. The Labute approximate surface area is 150 Å². The topological polar surface area (TPSA) is 81.8 Å². The van der Waals surface area contributed by atoms with Crippen molar-refractivity contribution in [1.82, 2.24) is 24.6 Å². The molecule has 2 aromatic heterocycles. The molecule has 0 unspecified atom stereocenters. The number of carbonyl (C=O) groups excluding carboxylic acids is 1. The van der Waals surface area contributed by atoms with Gasteiger partial charge in [0.25, 0.3) is 11.5 Å². The van der Waals surface area contributed by atoms with Crippen molar-refractivity contribution in [1.29, 1.82) is 0 Å². The van der Waals surface area contributed by atoms with E-state index >= 15 is 0 Å². The molecule has 0 saturated heterocycles. The second kappa shape index (κ2) is 6.59. The number of rotatable bonds is 3. The Morgan fingerprint density at radius 2 is 2.00 bits per heavy atom. The van der Waals surface area contributed by atoms with Crippen LogP contribution in [0, 0.1) is 6.92 Å². The lowest BCUT2D eigenvalue weighted by atomic mass is 10.1. The van der Waals surface area contributed by atoms with Crippen molar-refractivity contribution in [3.63, 3.8) is 0 Å². The number of nitrogens with one attached hydrogen (secondary N) is 1. The fourth-order valence-corrected chi connectivity index (χ4v) is 3.25. The van der Waals surface area contributed by atoms with Crippen LogP contribution in [0.2, 0.25) is 0 Å². The molecular formula is C19H19N5O2. The number of amides is 1. The van der Waals surface area contributed by atoms with E-state index in [4.69, 9.17) is 0 Å². The molecule has 0 saturated carbocycles. The van der Waals surface area contributed by atoms with Crippen LogP contribution < -0.4 is 10.9 Å². The zero-order valence-corrected chi connectivity index (χ0v) is 14.4. The van der Waals surface area contributed by atoms with Crippen molar-refractivity contribution in [3.8, 4) is 5.69 Å². The Hall–Kier alpha value is -3.22. The minimum absolute atomic E-state index is 0.0162. The van der Waals surface area contributed by atoms with E-state index in [1.54, 1.807) is 12.1 Å². The first-order valence-corrected chi connectivity index (χ1v) is 8.59. The monoisotopic (exact) mass is 349 g/mol. The van der Waals surface area contributed by atoms with Crippen molar-refractivity contribution in [2.75, 3.05) is 0 Å². The molecule has 26 heavy (non-hydrogen) atoms. The summed E-state index contributed by atoms with van der Waals surface area (Å²) in [5.74, 6) is 0.781. The van der Waals surface area contributed by atoms with Gasteiger partial charge in [0, 0.05) is 31.3 Å². The number of aryl methyl sites for hydroxylation is 2. The van der Waals surface area contributed by atoms with Crippen molar-refractivity contribution in [2.45, 2.75) is 32.4 Å². The number of para-hydroxylation sites is 1. The third kappa shape index (κ3) is 3.15. The molecule has 4 rings (SSSR count). The molecule has 3 heterocycles. The molecule has 0 aliphatic carbocycles. The van der Waals surface area contributed by atoms with Gasteiger partial charge in [0.05, 0.1) is 11.4 Å². The maximum Gasteiger partial charge on any atom is 0.272 e. The van der Waals surface area contributed by atoms with Crippen LogP contribution in [-0.2, 0) is 13.0 Å². The molecule has 1 aromatic carbocycles. The fourth-order valence-electron chi connectivity index (χ4n) is 3.25. The predicted molar refractivity (Wildman–Crippen MR) is 96.4 cm³/mol. The van der Waals surface area contributed by atoms with E-state index in [0.29, 0.717) is 12.2 Å². The Morgan fingerprint density at radius 1 is 1.19 bits per heavy atom. The molecular weight excluding hydrogens is 330 g/mol. The number of hydrogen-bond acceptors (Lipinski definition) is 4. The molecule has 7 heteroatoms. The second-order valence-corrected chi connectivity index (χ2v) is 6.46. The van der Waals surface area contributed by atoms with Crippen LogP contribution in [0.15, 0.2) is 53.5 Å². The summed E-state index contributed by atoms with van der Waals surface area (Å²) in [6.45, 7) is 2.66. The number of nitrogens with zero attached hydrogens (tertiary/aromatic N) is 4. The van der Waals surface area contributed by atoms with Crippen LogP contribution in [-0.4, -0.2) is 31.3 Å². The highest BCUT2D eigenvalue weighted by atomic mass is 16.2. The number of aromatic nitrogens is 4. The van der Waals surface area contributed by atoms with E-state index in [1.165, 1.54) is 16.8 Å². The maximum absolute atomic E-state index is 12.6. The van der Waals surface area contributed by atoms with Gasteiger partial charge in [-0.15, -0.1) is 0 Å². The van der Waals surface area contributed by atoms with Gasteiger partial charge in [-0.1, -0.05) is 18.2 Å². The van der Waals surface area contributed by atoms with E-state index in [2.05, 4.69) is 20.0 Å². The van der Waals surface area contributed by atoms with E-state index < -0.39 is 0 Å². The van der Waals surface area contributed by atoms with E-state index in [-0.39, 0.29) is 23.2 Å². The number of carbonyl (C=O) groups is 1. The largest absolute Gasteiger partial charge is 0.346 e. The molecule has 1 atom stereocenters. The standard InChI is InChI=1S/C19H19N5O2/c1-13-11-23-12-14(7-9-17(23)20-13)21-19(26)16-8-10-18(25)24(22-16)15-5-3-2-4-6-15/h2-6,8,10-11,14H,7,9,12H2,1H3,(H,21,26)/t14-/m1/s1. The number of imidazole rings is 1. The summed E-state index contributed by atoms with van der Waals surface area (Å²) >= 11 is 0. The summed E-state index contributed by atoms with van der Waals surface area (Å²) in [4.78, 5) is 29.2. The molecule has 1 N–H and O–H groups in total. The van der Waals surface area contributed by atoms with Gasteiger partial charge in [0.1, 0.15) is 11.5 Å². The van der Waals surface area contributed by atoms with Crippen molar-refractivity contribution in [3.05, 3.63) is 76.2 Å². The predicted octanol–water partition coefficient (Wildman–Crippen LogP) is 1.48. The summed E-state index contributed by atoms with van der Waals surface area (Å²) in [5.41, 5.74) is 1.57. The third-order valence-corrected chi connectivity index (χ3v) is 4.48. The van der Waals surface area contributed by atoms with Gasteiger partial charge in [0.15, 0.2) is 0 Å². The second-order valence-electron chi connectivity index (χ2n) is 6.46. The summed E-state index contributed by atoms with van der Waals surface area (Å²) in [6.07, 6.45) is 3.66. The normalized spacial score (nSPS) is 16.1. The van der Waals surface area contributed by atoms with Gasteiger partial charge >= 0.3 is 0 Å². The van der Waals surface area contributed by atoms with Crippen LogP contribution >= 0.6 is 0 Å². The first-order valence-electron chi connectivity index (χ1n) is 8.59. The Morgan fingerprint density at radius 3 is 2.81 bits per heavy atom. The average Bonchev–Trinajstić information content (AvgIpc) is 3.02. The number of fused-ring (bicyclic) bond motifs is 1. The molecule has 0 bridgehead atoms. The molecule has 1 aliphatic heterocycles. The highest BCUT2D eigenvalue weighted by molar-refractivity contribution is 5.92. The van der Waals surface area contributed by atoms with Crippen molar-refractivity contribution < 1.29 is 4.79 Å². The minimum atomic E-state index is -0.278. The zero-order chi connectivity index (χ0) is 18.1. The molecule has 3 aromatic rings. The lowest BCUT2D eigenvalue weighted by Gasteiger charge is -2.24. The quantitative estimate of drug-likeness (QED) is 0.777. The van der Waals surface area contributed by atoms with Gasteiger partial charge in [-0.05, 0) is 31.5 Å². The fraction of sp³-hybridized carbons (Fsp3) is 0.263. The van der Waals surface area contributed by atoms with E-state index in [1.807, 2.05) is 31.3 Å². The summed E-state index contributed by atoms with van der Waals surface area (Å²) in [6, 6.07) is 11.9. The van der Waals surface area contributed by atoms with E-state index in [9.17, 15) is 9.59 Å². The minimum Gasteiger partial charge on any atom is -0.346 e. The van der Waals surface area contributed by atoms with Gasteiger partial charge in [-0.25, -0.2) is 4.98 Å². The van der Waals surface area contributed by atoms with Gasteiger partial charge in [0.2, 0.25) is 0 Å². The van der Waals surface area contributed by atoms with Crippen LogP contribution in [0.5, 0.6) is 0 Å². The first-order chi connectivity index (χ1) is 12.6. The van der Waals surface area contributed by atoms with Crippen LogP contribution in [0.1, 0.15) is 28.4 Å². The maximum atomic E-state index is 12.6. The van der Waals surface area contributed by atoms with E-state index in [0.717, 1.165) is 24.4 Å². The lowest BCUT2D eigenvalue weighted by Crippen LogP contribution is -2.41. The summed E-state index contributed by atoms with van der Waals surface area (Å²) < 4.78 is 3.33. The number of hydrogen-bond donors (Lipinski definition) is 1. The Bertz CT molecular complexity index is 1010. The summed E-state index contributed by atoms with van der Waals surface area (Å²) in [5, 5.41) is 7.25. The van der Waals surface area contributed by atoms with Gasteiger partial charge in [-0.2, -0.15) is 9.78 Å². The molecule has 1 aliphatic rings.